The van der Waals surface area contributed by atoms with Crippen molar-refractivity contribution in [2.75, 3.05) is 0 Å². The van der Waals surface area contributed by atoms with Gasteiger partial charge in [0.2, 0.25) is 0 Å². The Morgan fingerprint density at radius 1 is 1.45 bits per heavy atom. The number of hydrogen-bond donors (Lipinski definition) is 3. The van der Waals surface area contributed by atoms with E-state index in [4.69, 9.17) is 5.21 Å². The number of phenols is 1. The normalized spacial score (nSPS) is 10.0. The third kappa shape index (κ3) is 2.18. The van der Waals surface area contributed by atoms with Gasteiger partial charge in [-0.25, -0.2) is 5.48 Å². The molecule has 3 nitrogen and oxygen atoms in total. The Labute approximate surface area is 72.8 Å². The van der Waals surface area contributed by atoms with Gasteiger partial charge >= 0.3 is 0 Å². The van der Waals surface area contributed by atoms with Crippen LogP contribution in [0.5, 0.6) is 5.75 Å². The first-order valence-electron chi connectivity index (χ1n) is 3.08. The van der Waals surface area contributed by atoms with E-state index in [1.165, 1.54) is 0 Å². The summed E-state index contributed by atoms with van der Waals surface area (Å²) in [5, 5.41) is 17.5. The van der Waals surface area contributed by atoms with Gasteiger partial charge in [-0.2, -0.15) is 0 Å². The van der Waals surface area contributed by atoms with Crippen LogP contribution >= 0.6 is 15.9 Å². The van der Waals surface area contributed by atoms with Crippen LogP contribution in [0.2, 0.25) is 0 Å². The van der Waals surface area contributed by atoms with Crippen molar-refractivity contribution in [2.45, 2.75) is 6.54 Å². The van der Waals surface area contributed by atoms with Gasteiger partial charge in [-0.1, -0.05) is 6.07 Å². The molecule has 1 rings (SSSR count). The number of aromatic hydroxyl groups is 1. The van der Waals surface area contributed by atoms with E-state index in [1.807, 2.05) is 5.48 Å². The van der Waals surface area contributed by atoms with Gasteiger partial charge in [0.05, 0.1) is 4.47 Å². The van der Waals surface area contributed by atoms with Crippen LogP contribution in [0.3, 0.4) is 0 Å². The van der Waals surface area contributed by atoms with Crippen molar-refractivity contribution in [1.29, 1.82) is 0 Å². The molecule has 1 aromatic rings. The average Bonchev–Trinajstić information content (AvgIpc) is 1.98. The van der Waals surface area contributed by atoms with Gasteiger partial charge < -0.3 is 10.3 Å². The summed E-state index contributed by atoms with van der Waals surface area (Å²) in [6, 6.07) is 5.10. The fourth-order valence-electron chi connectivity index (χ4n) is 0.759. The van der Waals surface area contributed by atoms with E-state index >= 15 is 0 Å². The van der Waals surface area contributed by atoms with Crippen LogP contribution in [0.1, 0.15) is 5.56 Å². The maximum Gasteiger partial charge on any atom is 0.130 e. The summed E-state index contributed by atoms with van der Waals surface area (Å²) >= 11 is 3.15. The van der Waals surface area contributed by atoms with Gasteiger partial charge in [-0.05, 0) is 33.6 Å². The highest BCUT2D eigenvalue weighted by Crippen LogP contribution is 2.23. The third-order valence-electron chi connectivity index (χ3n) is 1.29. The predicted molar refractivity (Wildman–Crippen MR) is 44.4 cm³/mol. The average molecular weight is 218 g/mol. The Balaban J connectivity index is 2.86. The smallest absolute Gasteiger partial charge is 0.130 e. The van der Waals surface area contributed by atoms with Crippen LogP contribution in [-0.4, -0.2) is 10.3 Å². The van der Waals surface area contributed by atoms with Crippen molar-refractivity contribution < 1.29 is 10.3 Å². The summed E-state index contributed by atoms with van der Waals surface area (Å²) in [6.45, 7) is 0.334. The first kappa shape index (κ1) is 8.52. The number of hydroxylamine groups is 1. The van der Waals surface area contributed by atoms with E-state index in [9.17, 15) is 5.11 Å². The summed E-state index contributed by atoms with van der Waals surface area (Å²) in [5.74, 6) is 0.178. The van der Waals surface area contributed by atoms with Crippen molar-refractivity contribution in [1.82, 2.24) is 5.48 Å². The highest BCUT2D eigenvalue weighted by Gasteiger charge is 1.97. The molecule has 0 unspecified atom stereocenters. The summed E-state index contributed by atoms with van der Waals surface area (Å²) in [7, 11) is 0. The topological polar surface area (TPSA) is 52.5 Å². The molecule has 0 aromatic heterocycles. The lowest BCUT2D eigenvalue weighted by atomic mass is 10.2. The number of hydrogen-bond acceptors (Lipinski definition) is 3. The molecule has 3 N–H and O–H groups in total. The Kier molecular flexibility index (Phi) is 2.87. The zero-order valence-electron chi connectivity index (χ0n) is 5.71. The van der Waals surface area contributed by atoms with Crippen LogP contribution in [0.25, 0.3) is 0 Å². The zero-order valence-corrected chi connectivity index (χ0v) is 7.30. The van der Waals surface area contributed by atoms with Gasteiger partial charge in [0, 0.05) is 6.54 Å². The van der Waals surface area contributed by atoms with Crippen molar-refractivity contribution in [3.05, 3.63) is 28.2 Å². The Bertz CT molecular complexity index is 252. The van der Waals surface area contributed by atoms with E-state index in [0.29, 0.717) is 11.0 Å². The minimum Gasteiger partial charge on any atom is -0.507 e. The number of phenolic OH excluding ortho intramolecular Hbond substituents is 1. The monoisotopic (exact) mass is 217 g/mol. The second-order valence-corrected chi connectivity index (χ2v) is 2.97. The maximum atomic E-state index is 9.17. The van der Waals surface area contributed by atoms with E-state index in [-0.39, 0.29) is 5.75 Å². The van der Waals surface area contributed by atoms with Crippen LogP contribution in [0.15, 0.2) is 22.7 Å². The maximum absolute atomic E-state index is 9.17. The number of rotatable bonds is 2. The van der Waals surface area contributed by atoms with E-state index < -0.39 is 0 Å². The lowest BCUT2D eigenvalue weighted by Gasteiger charge is -2.00. The van der Waals surface area contributed by atoms with Gasteiger partial charge in [-0.15, -0.1) is 0 Å². The molecule has 60 valence electrons. The van der Waals surface area contributed by atoms with E-state index in [2.05, 4.69) is 15.9 Å². The molecule has 0 aliphatic rings. The van der Waals surface area contributed by atoms with Crippen molar-refractivity contribution >= 4 is 15.9 Å². The van der Waals surface area contributed by atoms with Gasteiger partial charge in [-0.3, -0.25) is 0 Å². The minimum atomic E-state index is 0.178. The molecule has 0 aliphatic carbocycles. The van der Waals surface area contributed by atoms with Crippen molar-refractivity contribution in [3.8, 4) is 5.75 Å². The lowest BCUT2D eigenvalue weighted by molar-refractivity contribution is 0.161. The molecule has 11 heavy (non-hydrogen) atoms. The highest BCUT2D eigenvalue weighted by atomic mass is 79.9. The first-order valence-corrected chi connectivity index (χ1v) is 3.87. The second-order valence-electron chi connectivity index (χ2n) is 2.12. The lowest BCUT2D eigenvalue weighted by Crippen LogP contribution is -2.05. The molecule has 0 saturated carbocycles. The number of benzene rings is 1. The Hall–Kier alpha value is -0.580. The SMILES string of the molecule is ONCc1ccc(Br)c(O)c1. The van der Waals surface area contributed by atoms with Gasteiger partial charge in [0.1, 0.15) is 5.75 Å². The molecule has 0 atom stereocenters. The summed E-state index contributed by atoms with van der Waals surface area (Å²) in [5.41, 5.74) is 2.83. The van der Waals surface area contributed by atoms with Crippen molar-refractivity contribution in [3.63, 3.8) is 0 Å². The fraction of sp³-hybridized carbons (Fsp3) is 0.143. The molecule has 0 saturated heterocycles. The van der Waals surface area contributed by atoms with E-state index in [0.717, 1.165) is 5.56 Å². The summed E-state index contributed by atoms with van der Waals surface area (Å²) in [6.07, 6.45) is 0. The number of halogens is 1. The van der Waals surface area contributed by atoms with E-state index in [1.54, 1.807) is 18.2 Å². The van der Waals surface area contributed by atoms with Gasteiger partial charge in [0.25, 0.3) is 0 Å². The largest absolute Gasteiger partial charge is 0.507 e. The molecule has 1 aromatic carbocycles. The minimum absolute atomic E-state index is 0.178. The molecule has 4 heteroatoms. The molecular weight excluding hydrogens is 210 g/mol. The summed E-state index contributed by atoms with van der Waals surface area (Å²) in [4.78, 5) is 0. The molecule has 0 heterocycles. The quantitative estimate of drug-likeness (QED) is 0.661. The molecular formula is C7H8BrNO2. The predicted octanol–water partition coefficient (Wildman–Crippen LogP) is 1.63. The van der Waals surface area contributed by atoms with Crippen LogP contribution in [0.4, 0.5) is 0 Å². The summed E-state index contributed by atoms with van der Waals surface area (Å²) < 4.78 is 0.652. The molecule has 0 aliphatic heterocycles. The standard InChI is InChI=1S/C7H8BrNO2/c8-6-2-1-5(4-9-11)3-7(6)10/h1-3,9-11H,4H2. The molecule has 0 bridgehead atoms. The van der Waals surface area contributed by atoms with Gasteiger partial charge in [0.15, 0.2) is 0 Å². The number of nitrogens with one attached hydrogen (secondary N) is 1. The molecule has 0 fully saturated rings. The van der Waals surface area contributed by atoms with Crippen molar-refractivity contribution in [2.24, 2.45) is 0 Å². The van der Waals surface area contributed by atoms with Crippen LogP contribution in [-0.2, 0) is 6.54 Å². The highest BCUT2D eigenvalue weighted by molar-refractivity contribution is 9.10. The Morgan fingerprint density at radius 3 is 2.73 bits per heavy atom. The first-order chi connectivity index (χ1) is 5.24. The zero-order chi connectivity index (χ0) is 8.27. The van der Waals surface area contributed by atoms with Crippen LogP contribution < -0.4 is 5.48 Å². The Morgan fingerprint density at radius 2 is 2.18 bits per heavy atom. The van der Waals surface area contributed by atoms with Crippen LogP contribution in [0, 0.1) is 0 Å². The fourth-order valence-corrected chi connectivity index (χ4v) is 1.01. The molecule has 0 spiro atoms. The second kappa shape index (κ2) is 3.71. The molecule has 0 radical (unpaired) electrons. The molecule has 0 amide bonds. The third-order valence-corrected chi connectivity index (χ3v) is 1.96.